The maximum absolute atomic E-state index is 5.36. The predicted molar refractivity (Wildman–Crippen MR) is 61.4 cm³/mol. The van der Waals surface area contributed by atoms with Crippen molar-refractivity contribution in [3.63, 3.8) is 0 Å². The zero-order valence-corrected chi connectivity index (χ0v) is 9.61. The molecule has 0 fully saturated rings. The quantitative estimate of drug-likeness (QED) is 0.861. The summed E-state index contributed by atoms with van der Waals surface area (Å²) in [4.78, 5) is 7.18. The summed E-state index contributed by atoms with van der Waals surface area (Å²) in [5.41, 5.74) is 3.03. The van der Waals surface area contributed by atoms with E-state index in [4.69, 9.17) is 14.2 Å². The summed E-state index contributed by atoms with van der Waals surface area (Å²) in [6.45, 7) is 2.30. The van der Waals surface area contributed by atoms with Crippen LogP contribution in [0.4, 0.5) is 0 Å². The molecular weight excluding hydrogens is 220 g/mol. The summed E-state index contributed by atoms with van der Waals surface area (Å²) in [7, 11) is 1.58. The molecule has 0 radical (unpaired) electrons. The number of nitrogens with one attached hydrogen (secondary N) is 1. The van der Waals surface area contributed by atoms with Gasteiger partial charge in [0.05, 0.1) is 19.0 Å². The number of aromatic amines is 1. The van der Waals surface area contributed by atoms with Crippen molar-refractivity contribution in [3.05, 3.63) is 23.9 Å². The van der Waals surface area contributed by atoms with Gasteiger partial charge in [0.15, 0.2) is 11.5 Å². The fourth-order valence-electron chi connectivity index (χ4n) is 1.88. The second-order valence-corrected chi connectivity index (χ2v) is 3.83. The Labute approximate surface area is 98.3 Å². The minimum atomic E-state index is 0.282. The van der Waals surface area contributed by atoms with Crippen molar-refractivity contribution in [2.24, 2.45) is 0 Å². The summed E-state index contributed by atoms with van der Waals surface area (Å²) < 4.78 is 15.7. The first-order valence-corrected chi connectivity index (χ1v) is 5.27. The first-order valence-electron chi connectivity index (χ1n) is 5.27. The molecule has 0 saturated carbocycles. The normalized spacial score (nSPS) is 12.8. The number of hydrogen-bond acceptors (Lipinski definition) is 4. The average molecular weight is 232 g/mol. The van der Waals surface area contributed by atoms with E-state index in [0.717, 1.165) is 28.3 Å². The minimum Gasteiger partial charge on any atom is -0.468 e. The molecule has 0 bridgehead atoms. The molecule has 3 rings (SSSR count). The third-order valence-corrected chi connectivity index (χ3v) is 2.76. The van der Waals surface area contributed by atoms with Crippen LogP contribution in [-0.4, -0.2) is 23.9 Å². The molecule has 0 amide bonds. The van der Waals surface area contributed by atoms with Crippen molar-refractivity contribution in [1.82, 2.24) is 9.97 Å². The standard InChI is InChI=1S/C12H12N2O3/c1-7-3-10-11(17-6-16-10)4-8(7)9-5-13-12(14-9)15-2/h3-5H,6H2,1-2H3,(H,13,14). The van der Waals surface area contributed by atoms with Crippen molar-refractivity contribution < 1.29 is 14.2 Å². The van der Waals surface area contributed by atoms with Crippen LogP contribution in [0.5, 0.6) is 17.5 Å². The van der Waals surface area contributed by atoms with Crippen molar-refractivity contribution in [2.45, 2.75) is 6.92 Å². The lowest BCUT2D eigenvalue weighted by Crippen LogP contribution is -1.92. The van der Waals surface area contributed by atoms with Gasteiger partial charge in [0.25, 0.3) is 6.01 Å². The molecule has 17 heavy (non-hydrogen) atoms. The molecule has 1 N–H and O–H groups in total. The lowest BCUT2D eigenvalue weighted by molar-refractivity contribution is 0.174. The molecule has 0 unspecified atom stereocenters. The molecule has 0 atom stereocenters. The monoisotopic (exact) mass is 232 g/mol. The second kappa shape index (κ2) is 3.69. The van der Waals surface area contributed by atoms with E-state index in [1.165, 1.54) is 0 Å². The van der Waals surface area contributed by atoms with Crippen LogP contribution in [0, 0.1) is 6.92 Å². The van der Waals surface area contributed by atoms with Gasteiger partial charge in [0, 0.05) is 5.56 Å². The summed E-state index contributed by atoms with van der Waals surface area (Å²) in [5, 5.41) is 0. The van der Waals surface area contributed by atoms with Crippen LogP contribution < -0.4 is 14.2 Å². The van der Waals surface area contributed by atoms with Crippen LogP contribution in [0.25, 0.3) is 11.3 Å². The van der Waals surface area contributed by atoms with Gasteiger partial charge in [0.2, 0.25) is 6.79 Å². The number of fused-ring (bicyclic) bond motifs is 1. The van der Waals surface area contributed by atoms with Crippen molar-refractivity contribution in [2.75, 3.05) is 13.9 Å². The van der Waals surface area contributed by atoms with Gasteiger partial charge in [-0.25, -0.2) is 4.98 Å². The number of ether oxygens (including phenoxy) is 3. The van der Waals surface area contributed by atoms with Gasteiger partial charge in [-0.3, -0.25) is 0 Å². The van der Waals surface area contributed by atoms with Crippen LogP contribution >= 0.6 is 0 Å². The van der Waals surface area contributed by atoms with E-state index in [0.29, 0.717) is 6.01 Å². The highest BCUT2D eigenvalue weighted by Gasteiger charge is 2.17. The molecule has 0 saturated heterocycles. The van der Waals surface area contributed by atoms with E-state index in [2.05, 4.69) is 9.97 Å². The molecule has 5 nitrogen and oxygen atoms in total. The number of nitrogens with zero attached hydrogens (tertiary/aromatic N) is 1. The molecular formula is C12H12N2O3. The Bertz CT molecular complexity index is 563. The third kappa shape index (κ3) is 1.60. The predicted octanol–water partition coefficient (Wildman–Crippen LogP) is 2.12. The highest BCUT2D eigenvalue weighted by Crippen LogP contribution is 2.38. The number of methoxy groups -OCH3 is 1. The number of H-pyrrole nitrogens is 1. The highest BCUT2D eigenvalue weighted by molar-refractivity contribution is 5.68. The van der Waals surface area contributed by atoms with E-state index in [-0.39, 0.29) is 6.79 Å². The summed E-state index contributed by atoms with van der Waals surface area (Å²) >= 11 is 0. The average Bonchev–Trinajstić information content (AvgIpc) is 2.94. The van der Waals surface area contributed by atoms with E-state index < -0.39 is 0 Å². The van der Waals surface area contributed by atoms with Gasteiger partial charge < -0.3 is 19.2 Å². The van der Waals surface area contributed by atoms with Gasteiger partial charge >= 0.3 is 0 Å². The van der Waals surface area contributed by atoms with E-state index in [1.807, 2.05) is 19.1 Å². The lowest BCUT2D eigenvalue weighted by Gasteiger charge is -2.05. The fraction of sp³-hybridized carbons (Fsp3) is 0.250. The zero-order valence-electron chi connectivity index (χ0n) is 9.61. The summed E-state index contributed by atoms with van der Waals surface area (Å²) in [5.74, 6) is 1.55. The number of hydrogen-bond donors (Lipinski definition) is 1. The van der Waals surface area contributed by atoms with E-state index in [9.17, 15) is 0 Å². The number of imidazole rings is 1. The van der Waals surface area contributed by atoms with Gasteiger partial charge in [-0.15, -0.1) is 0 Å². The first kappa shape index (κ1) is 10.0. The Morgan fingerprint density at radius 2 is 2.06 bits per heavy atom. The van der Waals surface area contributed by atoms with E-state index in [1.54, 1.807) is 13.3 Å². The zero-order chi connectivity index (χ0) is 11.8. The van der Waals surface area contributed by atoms with Crippen LogP contribution in [-0.2, 0) is 0 Å². The largest absolute Gasteiger partial charge is 0.468 e. The van der Waals surface area contributed by atoms with Crippen LogP contribution in [0.2, 0.25) is 0 Å². The Hall–Kier alpha value is -2.17. The van der Waals surface area contributed by atoms with Crippen LogP contribution in [0.15, 0.2) is 18.3 Å². The minimum absolute atomic E-state index is 0.282. The van der Waals surface area contributed by atoms with Gasteiger partial charge in [0.1, 0.15) is 0 Å². The maximum Gasteiger partial charge on any atom is 0.293 e. The Morgan fingerprint density at radius 1 is 1.29 bits per heavy atom. The molecule has 0 aliphatic carbocycles. The molecule has 1 aliphatic heterocycles. The summed E-state index contributed by atoms with van der Waals surface area (Å²) in [6.07, 6.45) is 1.74. The van der Waals surface area contributed by atoms with Gasteiger partial charge in [-0.1, -0.05) is 0 Å². The van der Waals surface area contributed by atoms with E-state index >= 15 is 0 Å². The smallest absolute Gasteiger partial charge is 0.293 e. The van der Waals surface area contributed by atoms with Crippen LogP contribution in [0.3, 0.4) is 0 Å². The Morgan fingerprint density at radius 3 is 2.76 bits per heavy atom. The van der Waals surface area contributed by atoms with Gasteiger partial charge in [-0.05, 0) is 24.6 Å². The number of aromatic nitrogens is 2. The van der Waals surface area contributed by atoms with Crippen molar-refractivity contribution in [1.29, 1.82) is 0 Å². The summed E-state index contributed by atoms with van der Waals surface area (Å²) in [6, 6.07) is 4.41. The highest BCUT2D eigenvalue weighted by atomic mass is 16.7. The second-order valence-electron chi connectivity index (χ2n) is 3.83. The van der Waals surface area contributed by atoms with Gasteiger partial charge in [-0.2, -0.15) is 0 Å². The maximum atomic E-state index is 5.36. The Kier molecular flexibility index (Phi) is 2.18. The van der Waals surface area contributed by atoms with Crippen molar-refractivity contribution in [3.8, 4) is 28.8 Å². The molecule has 2 aromatic rings. The number of aryl methyl sites for hydroxylation is 1. The molecule has 2 heterocycles. The molecule has 88 valence electrons. The molecule has 0 spiro atoms. The molecule has 5 heteroatoms. The number of benzene rings is 1. The van der Waals surface area contributed by atoms with Crippen molar-refractivity contribution >= 4 is 0 Å². The molecule has 1 aliphatic rings. The topological polar surface area (TPSA) is 56.4 Å². The first-order chi connectivity index (χ1) is 8.28. The lowest BCUT2D eigenvalue weighted by atomic mass is 10.1. The third-order valence-electron chi connectivity index (χ3n) is 2.76. The SMILES string of the molecule is COc1ncc(-c2cc3c(cc2C)OCO3)[nH]1. The Balaban J connectivity index is 2.08. The molecule has 1 aromatic heterocycles. The fourth-order valence-corrected chi connectivity index (χ4v) is 1.88. The number of rotatable bonds is 2. The molecule has 1 aromatic carbocycles. The van der Waals surface area contributed by atoms with Crippen LogP contribution in [0.1, 0.15) is 5.56 Å².